The number of anilines is 1. The minimum Gasteiger partial charge on any atom is -0.497 e. The lowest BCUT2D eigenvalue weighted by molar-refractivity contribution is 0.0740. The number of ether oxygens (including phenoxy) is 2. The molecule has 0 bridgehead atoms. The Kier molecular flexibility index (Phi) is 4.63. The highest BCUT2D eigenvalue weighted by Crippen LogP contribution is 2.31. The van der Waals surface area contributed by atoms with Crippen molar-refractivity contribution in [3.05, 3.63) is 35.0 Å². The van der Waals surface area contributed by atoms with Gasteiger partial charge in [0.05, 0.1) is 13.7 Å². The summed E-state index contributed by atoms with van der Waals surface area (Å²) < 4.78 is 12.4. The Morgan fingerprint density at radius 2 is 1.88 bits per heavy atom. The number of benzene rings is 1. The van der Waals surface area contributed by atoms with Gasteiger partial charge in [0.1, 0.15) is 10.8 Å². The van der Waals surface area contributed by atoms with Crippen LogP contribution in [0.25, 0.3) is 0 Å². The summed E-state index contributed by atoms with van der Waals surface area (Å²) in [7, 11) is 1.66. The molecule has 2 aliphatic heterocycles. The molecular weight excluding hydrogens is 356 g/mol. The molecule has 4 rings (SSSR count). The van der Waals surface area contributed by atoms with Gasteiger partial charge in [-0.2, -0.15) is 5.10 Å². The average Bonchev–Trinajstić information content (AvgIpc) is 3.04. The molecule has 0 N–H and O–H groups in total. The second-order valence-electron chi connectivity index (χ2n) is 6.37. The molecule has 2 aliphatic rings. The molecule has 8 heteroatoms. The third-order valence-corrected chi connectivity index (χ3v) is 5.15. The number of nitrogens with zero attached hydrogens (tertiary/aromatic N) is 4. The number of carbonyl (C=O) groups excluding carboxylic acids is 1. The van der Waals surface area contributed by atoms with Gasteiger partial charge in [0.15, 0.2) is 5.69 Å². The number of halogens is 1. The first-order chi connectivity index (χ1) is 12.7. The number of aromatic nitrogens is 2. The third-order valence-electron chi connectivity index (χ3n) is 4.81. The standard InChI is InChI=1S/C18H21ClN4O3/c1-25-14-5-3-13(4-6-14)21-8-10-22(11-9-21)17(24)16-15(19)18-23(20-16)7-2-12-26-18/h3-6H,2,7-12H2,1H3. The number of fused-ring (bicyclic) bond motifs is 1. The first-order valence-corrected chi connectivity index (χ1v) is 9.12. The smallest absolute Gasteiger partial charge is 0.276 e. The Labute approximate surface area is 157 Å². The predicted octanol–water partition coefficient (Wildman–Crippen LogP) is 2.29. The maximum atomic E-state index is 12.8. The topological polar surface area (TPSA) is 59.8 Å². The van der Waals surface area contributed by atoms with Crippen LogP contribution in [0.15, 0.2) is 24.3 Å². The van der Waals surface area contributed by atoms with Crippen LogP contribution >= 0.6 is 11.6 Å². The molecule has 3 heterocycles. The van der Waals surface area contributed by atoms with Crippen LogP contribution in [0.5, 0.6) is 11.6 Å². The van der Waals surface area contributed by atoms with E-state index in [0.717, 1.165) is 37.5 Å². The van der Waals surface area contributed by atoms with Crippen molar-refractivity contribution >= 4 is 23.2 Å². The molecule has 0 unspecified atom stereocenters. The molecule has 0 aliphatic carbocycles. The molecule has 0 saturated carbocycles. The summed E-state index contributed by atoms with van der Waals surface area (Å²) >= 11 is 6.33. The van der Waals surface area contributed by atoms with Gasteiger partial charge in [-0.15, -0.1) is 0 Å². The molecule has 0 spiro atoms. The van der Waals surface area contributed by atoms with Crippen LogP contribution in [0, 0.1) is 0 Å². The number of hydrogen-bond donors (Lipinski definition) is 0. The predicted molar refractivity (Wildman–Crippen MR) is 98.5 cm³/mol. The van der Waals surface area contributed by atoms with E-state index in [0.29, 0.717) is 36.3 Å². The number of piperazine rings is 1. The highest BCUT2D eigenvalue weighted by atomic mass is 35.5. The van der Waals surface area contributed by atoms with Gasteiger partial charge in [0.25, 0.3) is 5.91 Å². The fourth-order valence-corrected chi connectivity index (χ4v) is 3.62. The zero-order valence-corrected chi connectivity index (χ0v) is 15.4. The highest BCUT2D eigenvalue weighted by Gasteiger charge is 2.30. The summed E-state index contributed by atoms with van der Waals surface area (Å²) in [6, 6.07) is 7.96. The molecule has 1 amide bonds. The van der Waals surface area contributed by atoms with E-state index in [1.165, 1.54) is 0 Å². The minimum atomic E-state index is -0.130. The van der Waals surface area contributed by atoms with Gasteiger partial charge in [0, 0.05) is 44.8 Å². The van der Waals surface area contributed by atoms with Crippen LogP contribution in [-0.4, -0.2) is 60.5 Å². The monoisotopic (exact) mass is 376 g/mol. The lowest BCUT2D eigenvalue weighted by atomic mass is 10.2. The van der Waals surface area contributed by atoms with E-state index in [1.807, 2.05) is 24.3 Å². The summed E-state index contributed by atoms with van der Waals surface area (Å²) in [6.45, 7) is 4.13. The number of amides is 1. The molecule has 1 aromatic carbocycles. The van der Waals surface area contributed by atoms with E-state index in [-0.39, 0.29) is 5.91 Å². The van der Waals surface area contributed by atoms with Crippen molar-refractivity contribution < 1.29 is 14.3 Å². The largest absolute Gasteiger partial charge is 0.497 e. The Balaban J connectivity index is 1.43. The van der Waals surface area contributed by atoms with Crippen molar-refractivity contribution in [3.8, 4) is 11.6 Å². The van der Waals surface area contributed by atoms with Crippen LogP contribution in [0.2, 0.25) is 5.02 Å². The maximum absolute atomic E-state index is 12.8. The number of hydrogen-bond acceptors (Lipinski definition) is 5. The second kappa shape index (κ2) is 7.07. The van der Waals surface area contributed by atoms with Gasteiger partial charge in [-0.25, -0.2) is 4.68 Å². The van der Waals surface area contributed by atoms with Crippen LogP contribution < -0.4 is 14.4 Å². The van der Waals surface area contributed by atoms with Gasteiger partial charge < -0.3 is 19.3 Å². The van der Waals surface area contributed by atoms with Crippen molar-refractivity contribution in [1.29, 1.82) is 0 Å². The molecule has 1 fully saturated rings. The summed E-state index contributed by atoms with van der Waals surface area (Å²) in [5.41, 5.74) is 1.42. The summed E-state index contributed by atoms with van der Waals surface area (Å²) in [5.74, 6) is 1.22. The molecule has 26 heavy (non-hydrogen) atoms. The lowest BCUT2D eigenvalue weighted by Gasteiger charge is -2.35. The highest BCUT2D eigenvalue weighted by molar-refractivity contribution is 6.34. The van der Waals surface area contributed by atoms with Crippen molar-refractivity contribution in [3.63, 3.8) is 0 Å². The Morgan fingerprint density at radius 1 is 1.15 bits per heavy atom. The molecule has 1 aromatic heterocycles. The summed E-state index contributed by atoms with van der Waals surface area (Å²) in [4.78, 5) is 16.9. The van der Waals surface area contributed by atoms with E-state index in [2.05, 4.69) is 10.00 Å². The van der Waals surface area contributed by atoms with E-state index in [4.69, 9.17) is 21.1 Å². The average molecular weight is 377 g/mol. The Morgan fingerprint density at radius 3 is 2.54 bits per heavy atom. The number of methoxy groups -OCH3 is 1. The van der Waals surface area contributed by atoms with Crippen molar-refractivity contribution in [2.45, 2.75) is 13.0 Å². The Bertz CT molecular complexity index is 798. The zero-order chi connectivity index (χ0) is 18.1. The van der Waals surface area contributed by atoms with Gasteiger partial charge in [-0.05, 0) is 24.3 Å². The number of carbonyl (C=O) groups is 1. The van der Waals surface area contributed by atoms with Gasteiger partial charge in [-0.3, -0.25) is 4.79 Å². The first kappa shape index (κ1) is 17.0. The zero-order valence-electron chi connectivity index (χ0n) is 14.7. The Hall–Kier alpha value is -2.41. The molecule has 7 nitrogen and oxygen atoms in total. The SMILES string of the molecule is COc1ccc(N2CCN(C(=O)c3nn4c(c3Cl)OCCC4)CC2)cc1. The third kappa shape index (κ3) is 3.07. The van der Waals surface area contributed by atoms with Crippen LogP contribution in [-0.2, 0) is 6.54 Å². The minimum absolute atomic E-state index is 0.130. The molecule has 1 saturated heterocycles. The molecule has 138 valence electrons. The summed E-state index contributed by atoms with van der Waals surface area (Å²) in [6.07, 6.45) is 0.874. The number of aryl methyl sites for hydroxylation is 1. The molecular formula is C18H21ClN4O3. The first-order valence-electron chi connectivity index (χ1n) is 8.75. The van der Waals surface area contributed by atoms with E-state index >= 15 is 0 Å². The van der Waals surface area contributed by atoms with Crippen LogP contribution in [0.1, 0.15) is 16.9 Å². The van der Waals surface area contributed by atoms with Crippen LogP contribution in [0.3, 0.4) is 0 Å². The van der Waals surface area contributed by atoms with E-state index < -0.39 is 0 Å². The van der Waals surface area contributed by atoms with Crippen molar-refractivity contribution in [1.82, 2.24) is 14.7 Å². The number of rotatable bonds is 3. The second-order valence-corrected chi connectivity index (χ2v) is 6.75. The molecule has 0 radical (unpaired) electrons. The normalized spacial score (nSPS) is 16.8. The van der Waals surface area contributed by atoms with Gasteiger partial charge >= 0.3 is 0 Å². The van der Waals surface area contributed by atoms with Crippen molar-refractivity contribution in [2.75, 3.05) is 44.8 Å². The van der Waals surface area contributed by atoms with Gasteiger partial charge in [0.2, 0.25) is 5.88 Å². The fraction of sp³-hybridized carbons (Fsp3) is 0.444. The van der Waals surface area contributed by atoms with E-state index in [1.54, 1.807) is 16.7 Å². The lowest BCUT2D eigenvalue weighted by Crippen LogP contribution is -2.49. The van der Waals surface area contributed by atoms with Crippen molar-refractivity contribution in [2.24, 2.45) is 0 Å². The quantitative estimate of drug-likeness (QED) is 0.822. The van der Waals surface area contributed by atoms with Gasteiger partial charge in [-0.1, -0.05) is 11.6 Å². The fourth-order valence-electron chi connectivity index (χ4n) is 3.34. The summed E-state index contributed by atoms with van der Waals surface area (Å²) in [5, 5.41) is 4.69. The molecule has 2 aromatic rings. The molecule has 0 atom stereocenters. The van der Waals surface area contributed by atoms with E-state index in [9.17, 15) is 4.79 Å². The maximum Gasteiger partial charge on any atom is 0.276 e. The van der Waals surface area contributed by atoms with Crippen LogP contribution in [0.4, 0.5) is 5.69 Å².